The predicted molar refractivity (Wildman–Crippen MR) is 103 cm³/mol. The van der Waals surface area contributed by atoms with Crippen LogP contribution in [-0.2, 0) is 16.4 Å². The van der Waals surface area contributed by atoms with E-state index < -0.39 is 21.0 Å². The molecule has 27 heavy (non-hydrogen) atoms. The summed E-state index contributed by atoms with van der Waals surface area (Å²) in [5.41, 5.74) is 1.68. The van der Waals surface area contributed by atoms with Crippen LogP contribution in [0.25, 0.3) is 0 Å². The number of non-ortho nitro benzene ring substituents is 1. The normalized spacial score (nSPS) is 12.4. The molecule has 0 aliphatic carbocycles. The first-order valence-electron chi connectivity index (χ1n) is 8.31. The minimum atomic E-state index is -3.84. The molecule has 0 heterocycles. The van der Waals surface area contributed by atoms with Crippen molar-refractivity contribution in [3.05, 3.63) is 106 Å². The van der Waals surface area contributed by atoms with E-state index in [2.05, 4.69) is 4.72 Å². The van der Waals surface area contributed by atoms with Gasteiger partial charge in [-0.25, -0.2) is 13.1 Å². The Hall–Kier alpha value is -3.03. The minimum Gasteiger partial charge on any atom is -0.258 e. The molecule has 1 unspecified atom stereocenters. The van der Waals surface area contributed by atoms with Crippen molar-refractivity contribution in [2.75, 3.05) is 0 Å². The summed E-state index contributed by atoms with van der Waals surface area (Å²) in [7, 11) is -3.84. The molecule has 0 fully saturated rings. The second kappa shape index (κ2) is 8.11. The highest BCUT2D eigenvalue weighted by Gasteiger charge is 2.22. The molecule has 138 valence electrons. The molecule has 0 aliphatic rings. The minimum absolute atomic E-state index is 0.0120. The monoisotopic (exact) mass is 382 g/mol. The maximum Gasteiger partial charge on any atom is 0.269 e. The van der Waals surface area contributed by atoms with E-state index in [0.717, 1.165) is 11.1 Å². The Morgan fingerprint density at radius 3 is 1.96 bits per heavy atom. The third kappa shape index (κ3) is 4.78. The van der Waals surface area contributed by atoms with Gasteiger partial charge in [-0.15, -0.1) is 0 Å². The second-order valence-electron chi connectivity index (χ2n) is 6.03. The molecular weight excluding hydrogens is 364 g/mol. The quantitative estimate of drug-likeness (QED) is 0.496. The van der Waals surface area contributed by atoms with Gasteiger partial charge < -0.3 is 0 Å². The van der Waals surface area contributed by atoms with Crippen LogP contribution in [0.5, 0.6) is 0 Å². The fourth-order valence-electron chi connectivity index (χ4n) is 2.77. The number of benzene rings is 3. The van der Waals surface area contributed by atoms with Crippen LogP contribution in [0.1, 0.15) is 17.2 Å². The number of nitro benzene ring substituents is 1. The van der Waals surface area contributed by atoms with Gasteiger partial charge in [-0.2, -0.15) is 0 Å². The topological polar surface area (TPSA) is 89.3 Å². The van der Waals surface area contributed by atoms with Crippen LogP contribution >= 0.6 is 0 Å². The molecule has 0 aliphatic heterocycles. The van der Waals surface area contributed by atoms with E-state index in [1.807, 2.05) is 60.7 Å². The smallest absolute Gasteiger partial charge is 0.258 e. The summed E-state index contributed by atoms with van der Waals surface area (Å²) in [5, 5.41) is 10.8. The summed E-state index contributed by atoms with van der Waals surface area (Å²) in [6.45, 7) is 0. The van der Waals surface area contributed by atoms with Gasteiger partial charge in [-0.05, 0) is 29.7 Å². The Morgan fingerprint density at radius 1 is 0.852 bits per heavy atom. The Labute approximate surface area is 157 Å². The highest BCUT2D eigenvalue weighted by Crippen LogP contribution is 2.22. The van der Waals surface area contributed by atoms with Gasteiger partial charge in [0, 0.05) is 12.1 Å². The van der Waals surface area contributed by atoms with Crippen molar-refractivity contribution in [2.24, 2.45) is 0 Å². The van der Waals surface area contributed by atoms with Crippen LogP contribution in [0, 0.1) is 10.1 Å². The first kappa shape index (κ1) is 18.8. The molecule has 6 nitrogen and oxygen atoms in total. The molecular formula is C20H18N2O4S. The van der Waals surface area contributed by atoms with E-state index >= 15 is 0 Å². The van der Waals surface area contributed by atoms with Gasteiger partial charge in [-0.1, -0.05) is 60.7 Å². The number of hydrogen-bond acceptors (Lipinski definition) is 4. The largest absolute Gasteiger partial charge is 0.269 e. The molecule has 1 N–H and O–H groups in total. The lowest BCUT2D eigenvalue weighted by Gasteiger charge is -2.19. The predicted octanol–water partition coefficient (Wildman–Crippen LogP) is 3.86. The van der Waals surface area contributed by atoms with Crippen LogP contribution in [0.3, 0.4) is 0 Å². The van der Waals surface area contributed by atoms with Crippen LogP contribution in [-0.4, -0.2) is 13.3 Å². The first-order chi connectivity index (χ1) is 13.0. The summed E-state index contributed by atoms with van der Waals surface area (Å²) in [4.78, 5) is 10.2. The lowest BCUT2D eigenvalue weighted by molar-refractivity contribution is -0.384. The summed E-state index contributed by atoms with van der Waals surface area (Å²) in [6.07, 6.45) is 0.483. The number of rotatable bonds is 7. The standard InChI is InChI=1S/C20H18N2O4S/c23-22(24)18-11-13-19(14-12-18)27(25,26)21-20(17-9-5-2-6-10-17)15-16-7-3-1-4-8-16/h1-14,20-21H,15H2. The Balaban J connectivity index is 1.89. The third-order valence-corrected chi connectivity index (χ3v) is 5.63. The maximum absolute atomic E-state index is 12.8. The highest BCUT2D eigenvalue weighted by atomic mass is 32.2. The lowest BCUT2D eigenvalue weighted by Crippen LogP contribution is -2.30. The fraction of sp³-hybridized carbons (Fsp3) is 0.100. The van der Waals surface area contributed by atoms with E-state index in [0.29, 0.717) is 6.42 Å². The molecule has 7 heteroatoms. The van der Waals surface area contributed by atoms with Crippen molar-refractivity contribution in [1.29, 1.82) is 0 Å². The number of nitrogens with one attached hydrogen (secondary N) is 1. The molecule has 0 saturated carbocycles. The second-order valence-corrected chi connectivity index (χ2v) is 7.74. The van der Waals surface area contributed by atoms with Crippen LogP contribution in [0.15, 0.2) is 89.8 Å². The number of nitro groups is 1. The molecule has 0 aromatic heterocycles. The summed E-state index contributed by atoms with van der Waals surface area (Å²) in [6, 6.07) is 23.3. The molecule has 0 radical (unpaired) electrons. The van der Waals surface area contributed by atoms with Crippen molar-refractivity contribution < 1.29 is 13.3 Å². The van der Waals surface area contributed by atoms with E-state index in [-0.39, 0.29) is 10.6 Å². The lowest BCUT2D eigenvalue weighted by atomic mass is 10.00. The van der Waals surface area contributed by atoms with Gasteiger partial charge in [0.2, 0.25) is 10.0 Å². The molecule has 3 rings (SSSR count). The van der Waals surface area contributed by atoms with E-state index in [9.17, 15) is 18.5 Å². The molecule has 3 aromatic rings. The van der Waals surface area contributed by atoms with Crippen LogP contribution in [0.4, 0.5) is 5.69 Å². The zero-order chi connectivity index (χ0) is 19.3. The van der Waals surface area contributed by atoms with Gasteiger partial charge in [0.05, 0.1) is 15.9 Å². The molecule has 3 aromatic carbocycles. The van der Waals surface area contributed by atoms with Gasteiger partial charge in [0.1, 0.15) is 0 Å². The zero-order valence-electron chi connectivity index (χ0n) is 14.4. The third-order valence-electron chi connectivity index (χ3n) is 4.14. The van der Waals surface area contributed by atoms with Crippen molar-refractivity contribution in [3.63, 3.8) is 0 Å². The van der Waals surface area contributed by atoms with E-state index in [1.54, 1.807) is 0 Å². The summed E-state index contributed by atoms with van der Waals surface area (Å²) in [5.74, 6) is 0. The van der Waals surface area contributed by atoms with Gasteiger partial charge in [0.25, 0.3) is 5.69 Å². The van der Waals surface area contributed by atoms with Gasteiger partial charge >= 0.3 is 0 Å². The molecule has 0 saturated heterocycles. The summed E-state index contributed by atoms with van der Waals surface area (Å²) < 4.78 is 28.3. The highest BCUT2D eigenvalue weighted by molar-refractivity contribution is 7.89. The zero-order valence-corrected chi connectivity index (χ0v) is 15.2. The number of nitrogens with zero attached hydrogens (tertiary/aromatic N) is 1. The number of hydrogen-bond donors (Lipinski definition) is 1. The fourth-order valence-corrected chi connectivity index (χ4v) is 3.99. The van der Waals surface area contributed by atoms with Crippen molar-refractivity contribution in [1.82, 2.24) is 4.72 Å². The summed E-state index contributed by atoms with van der Waals surface area (Å²) >= 11 is 0. The van der Waals surface area contributed by atoms with Gasteiger partial charge in [0.15, 0.2) is 0 Å². The molecule has 1 atom stereocenters. The van der Waals surface area contributed by atoms with Crippen molar-refractivity contribution in [2.45, 2.75) is 17.4 Å². The van der Waals surface area contributed by atoms with E-state index in [1.165, 1.54) is 24.3 Å². The average Bonchev–Trinajstić information content (AvgIpc) is 2.69. The van der Waals surface area contributed by atoms with Crippen LogP contribution < -0.4 is 4.72 Å². The first-order valence-corrected chi connectivity index (χ1v) is 9.80. The maximum atomic E-state index is 12.8. The van der Waals surface area contributed by atoms with E-state index in [4.69, 9.17) is 0 Å². The van der Waals surface area contributed by atoms with Crippen molar-refractivity contribution >= 4 is 15.7 Å². The van der Waals surface area contributed by atoms with Crippen LogP contribution in [0.2, 0.25) is 0 Å². The Kier molecular flexibility index (Phi) is 5.63. The van der Waals surface area contributed by atoms with Gasteiger partial charge in [-0.3, -0.25) is 10.1 Å². The SMILES string of the molecule is O=[N+]([O-])c1ccc(S(=O)(=O)NC(Cc2ccccc2)c2ccccc2)cc1. The number of sulfonamides is 1. The molecule has 0 bridgehead atoms. The molecule has 0 amide bonds. The Bertz CT molecular complexity index is 1000. The Morgan fingerprint density at radius 2 is 1.41 bits per heavy atom. The van der Waals surface area contributed by atoms with Crippen molar-refractivity contribution in [3.8, 4) is 0 Å². The average molecular weight is 382 g/mol. The molecule has 0 spiro atoms.